The summed E-state index contributed by atoms with van der Waals surface area (Å²) in [6.07, 6.45) is 1.56. The first-order chi connectivity index (χ1) is 13.1. The Morgan fingerprint density at radius 1 is 1.25 bits per heavy atom. The Kier molecular flexibility index (Phi) is 6.01. The summed E-state index contributed by atoms with van der Waals surface area (Å²) in [5.41, 5.74) is 0.508. The van der Waals surface area contributed by atoms with Crippen molar-refractivity contribution in [1.29, 1.82) is 0 Å². The molecule has 28 heavy (non-hydrogen) atoms. The van der Waals surface area contributed by atoms with Gasteiger partial charge in [-0.05, 0) is 12.5 Å². The Labute approximate surface area is 164 Å². The number of nitrogens with one attached hydrogen (secondary N) is 2. The Hall–Kier alpha value is -2.04. The zero-order valence-electron chi connectivity index (χ0n) is 15.9. The van der Waals surface area contributed by atoms with Crippen LogP contribution in [0.4, 0.5) is 4.39 Å². The van der Waals surface area contributed by atoms with Crippen molar-refractivity contribution in [3.05, 3.63) is 35.6 Å². The highest BCUT2D eigenvalue weighted by Crippen LogP contribution is 2.25. The number of amides is 2. The first kappa shape index (κ1) is 20.7. The number of halogens is 1. The van der Waals surface area contributed by atoms with E-state index in [0.29, 0.717) is 25.1 Å². The van der Waals surface area contributed by atoms with Gasteiger partial charge in [-0.2, -0.15) is 0 Å². The maximum absolute atomic E-state index is 14.1. The minimum atomic E-state index is -3.40. The Balaban J connectivity index is 1.82. The van der Waals surface area contributed by atoms with Crippen molar-refractivity contribution in [2.75, 3.05) is 25.9 Å². The predicted molar refractivity (Wildman–Crippen MR) is 101 cm³/mol. The van der Waals surface area contributed by atoms with Crippen LogP contribution in [0.15, 0.2) is 24.3 Å². The van der Waals surface area contributed by atoms with E-state index in [2.05, 4.69) is 10.0 Å². The molecule has 154 valence electrons. The van der Waals surface area contributed by atoms with E-state index < -0.39 is 16.1 Å². The highest BCUT2D eigenvalue weighted by molar-refractivity contribution is 7.88. The van der Waals surface area contributed by atoms with E-state index in [9.17, 15) is 22.4 Å². The summed E-state index contributed by atoms with van der Waals surface area (Å²) in [5, 5.41) is 2.67. The standard InChI is InChI=1S/C18H25FN4O4S/c1-12(24)20-17-11-22(8-13-5-3-4-6-16(13)19)10-15-7-14(21-28(2,26)27)9-23(15)18(17)25/h3-6,14-15,17,21H,7-11H2,1-2H3,(H,20,24)/t14-,15-,17-/m0/s1. The largest absolute Gasteiger partial charge is 0.343 e. The van der Waals surface area contributed by atoms with Crippen LogP contribution < -0.4 is 10.0 Å². The number of hydrogen-bond acceptors (Lipinski definition) is 5. The molecule has 2 heterocycles. The molecule has 0 aromatic heterocycles. The molecule has 2 N–H and O–H groups in total. The molecule has 0 aliphatic carbocycles. The topological polar surface area (TPSA) is 98.8 Å². The minimum absolute atomic E-state index is 0.211. The van der Waals surface area contributed by atoms with E-state index in [-0.39, 0.29) is 42.8 Å². The molecule has 0 radical (unpaired) electrons. The van der Waals surface area contributed by atoms with Gasteiger partial charge in [0.15, 0.2) is 0 Å². The van der Waals surface area contributed by atoms with Crippen LogP contribution in [0, 0.1) is 5.82 Å². The lowest BCUT2D eigenvalue weighted by molar-refractivity contribution is -0.135. The van der Waals surface area contributed by atoms with Gasteiger partial charge in [0.25, 0.3) is 0 Å². The lowest BCUT2D eigenvalue weighted by Gasteiger charge is -2.25. The fourth-order valence-electron chi connectivity index (χ4n) is 4.01. The monoisotopic (exact) mass is 412 g/mol. The SMILES string of the molecule is CC(=O)N[C@H]1CN(Cc2ccccc2F)C[C@@H]2C[C@H](NS(C)(=O)=O)CN2C1=O. The van der Waals surface area contributed by atoms with Crippen LogP contribution in [0.2, 0.25) is 0 Å². The Bertz CT molecular complexity index is 863. The molecule has 1 aromatic carbocycles. The molecule has 2 fully saturated rings. The number of carbonyl (C=O) groups is 2. The molecule has 0 spiro atoms. The molecule has 0 bridgehead atoms. The predicted octanol–water partition coefficient (Wildman–Crippen LogP) is -0.335. The third-order valence-corrected chi connectivity index (χ3v) is 5.78. The van der Waals surface area contributed by atoms with Gasteiger partial charge in [-0.15, -0.1) is 0 Å². The number of benzene rings is 1. The summed E-state index contributed by atoms with van der Waals surface area (Å²) in [7, 11) is -3.40. The Morgan fingerprint density at radius 3 is 2.61 bits per heavy atom. The lowest BCUT2D eigenvalue weighted by atomic mass is 10.1. The van der Waals surface area contributed by atoms with Crippen LogP contribution in [0.25, 0.3) is 0 Å². The van der Waals surface area contributed by atoms with Crippen LogP contribution in [0.3, 0.4) is 0 Å². The van der Waals surface area contributed by atoms with Crippen LogP contribution >= 0.6 is 0 Å². The summed E-state index contributed by atoms with van der Waals surface area (Å²) in [4.78, 5) is 28.1. The molecule has 8 nitrogen and oxygen atoms in total. The molecular weight excluding hydrogens is 387 g/mol. The molecule has 1 aromatic rings. The number of hydrogen-bond donors (Lipinski definition) is 2. The average Bonchev–Trinajstić information content (AvgIpc) is 2.90. The number of fused-ring (bicyclic) bond motifs is 1. The molecule has 2 amide bonds. The highest BCUT2D eigenvalue weighted by atomic mass is 32.2. The van der Waals surface area contributed by atoms with Gasteiger partial charge in [-0.25, -0.2) is 17.5 Å². The fraction of sp³-hybridized carbons (Fsp3) is 0.556. The van der Waals surface area contributed by atoms with Crippen LogP contribution in [0.5, 0.6) is 0 Å². The minimum Gasteiger partial charge on any atom is -0.343 e. The first-order valence-electron chi connectivity index (χ1n) is 9.13. The third kappa shape index (κ3) is 5.06. The summed E-state index contributed by atoms with van der Waals surface area (Å²) in [6.45, 7) is 2.63. The zero-order chi connectivity index (χ0) is 20.5. The first-order valence-corrected chi connectivity index (χ1v) is 11.0. The van der Waals surface area contributed by atoms with E-state index in [1.54, 1.807) is 23.1 Å². The molecule has 2 aliphatic rings. The lowest BCUT2D eigenvalue weighted by Crippen LogP contribution is -2.51. The molecule has 2 saturated heterocycles. The van der Waals surface area contributed by atoms with Crippen LogP contribution in [-0.4, -0.2) is 74.0 Å². The van der Waals surface area contributed by atoms with Crippen molar-refractivity contribution >= 4 is 21.8 Å². The van der Waals surface area contributed by atoms with Crippen LogP contribution in [0.1, 0.15) is 18.9 Å². The van der Waals surface area contributed by atoms with Gasteiger partial charge < -0.3 is 10.2 Å². The molecule has 3 atom stereocenters. The maximum Gasteiger partial charge on any atom is 0.246 e. The van der Waals surface area contributed by atoms with E-state index in [1.807, 2.05) is 4.90 Å². The second-order valence-corrected chi connectivity index (χ2v) is 9.29. The summed E-state index contributed by atoms with van der Waals surface area (Å²) in [6, 6.07) is 5.10. The van der Waals surface area contributed by atoms with E-state index >= 15 is 0 Å². The van der Waals surface area contributed by atoms with Gasteiger partial charge in [0.05, 0.1) is 6.26 Å². The van der Waals surface area contributed by atoms with Gasteiger partial charge in [-0.3, -0.25) is 14.5 Å². The maximum atomic E-state index is 14.1. The van der Waals surface area contributed by atoms with Crippen molar-refractivity contribution in [2.24, 2.45) is 0 Å². The average molecular weight is 412 g/mol. The Morgan fingerprint density at radius 2 is 1.96 bits per heavy atom. The second kappa shape index (κ2) is 8.14. The van der Waals surface area contributed by atoms with Gasteiger partial charge in [0.1, 0.15) is 11.9 Å². The third-order valence-electron chi connectivity index (χ3n) is 5.02. The van der Waals surface area contributed by atoms with Gasteiger partial charge in [-0.1, -0.05) is 18.2 Å². The fourth-order valence-corrected chi connectivity index (χ4v) is 4.78. The van der Waals surface area contributed by atoms with E-state index in [0.717, 1.165) is 6.26 Å². The molecule has 2 aliphatic heterocycles. The number of nitrogens with zero attached hydrogens (tertiary/aromatic N) is 2. The highest BCUT2D eigenvalue weighted by Gasteiger charge is 2.43. The number of carbonyl (C=O) groups excluding carboxylic acids is 2. The van der Waals surface area contributed by atoms with Gasteiger partial charge in [0.2, 0.25) is 21.8 Å². The van der Waals surface area contributed by atoms with Crippen molar-refractivity contribution in [3.8, 4) is 0 Å². The van der Waals surface area contributed by atoms with Crippen LogP contribution in [-0.2, 0) is 26.2 Å². The molecule has 10 heteroatoms. The van der Waals surface area contributed by atoms with Crippen molar-refractivity contribution in [2.45, 2.75) is 38.0 Å². The van der Waals surface area contributed by atoms with Gasteiger partial charge >= 0.3 is 0 Å². The molecular formula is C18H25FN4O4S. The summed E-state index contributed by atoms with van der Waals surface area (Å²) >= 11 is 0. The quantitative estimate of drug-likeness (QED) is 0.690. The zero-order valence-corrected chi connectivity index (χ0v) is 16.7. The molecule has 0 saturated carbocycles. The number of rotatable bonds is 5. The van der Waals surface area contributed by atoms with E-state index in [4.69, 9.17) is 0 Å². The van der Waals surface area contributed by atoms with Crippen molar-refractivity contribution < 1.29 is 22.4 Å². The second-order valence-electron chi connectivity index (χ2n) is 7.51. The van der Waals surface area contributed by atoms with E-state index in [1.165, 1.54) is 13.0 Å². The summed E-state index contributed by atoms with van der Waals surface area (Å²) < 4.78 is 39.8. The number of sulfonamides is 1. The van der Waals surface area contributed by atoms with Gasteiger partial charge in [0, 0.05) is 50.7 Å². The summed E-state index contributed by atoms with van der Waals surface area (Å²) in [5.74, 6) is -0.893. The molecule has 0 unspecified atom stereocenters. The van der Waals surface area contributed by atoms with Crippen molar-refractivity contribution in [1.82, 2.24) is 19.8 Å². The normalized spacial score (nSPS) is 26.0. The smallest absolute Gasteiger partial charge is 0.246 e. The molecule has 3 rings (SSSR count). The van der Waals surface area contributed by atoms with Crippen molar-refractivity contribution in [3.63, 3.8) is 0 Å².